The fourth-order valence-corrected chi connectivity index (χ4v) is 3.02. The second-order valence-corrected chi connectivity index (χ2v) is 6.41. The smallest absolute Gasteiger partial charge is 0.227 e. The van der Waals surface area contributed by atoms with Crippen LogP contribution in [-0.2, 0) is 11.2 Å². The maximum absolute atomic E-state index is 12.6. The molecule has 2 heterocycles. The van der Waals surface area contributed by atoms with Crippen LogP contribution in [-0.4, -0.2) is 49.2 Å². The number of likely N-dealkylation sites (tertiary alicyclic amines) is 1. The van der Waals surface area contributed by atoms with Crippen molar-refractivity contribution in [2.24, 2.45) is 0 Å². The molecule has 1 fully saturated rings. The molecule has 138 valence electrons. The molecule has 6 heteroatoms. The van der Waals surface area contributed by atoms with Gasteiger partial charge in [0.15, 0.2) is 11.5 Å². The zero-order valence-electron chi connectivity index (χ0n) is 15.4. The number of methoxy groups -OCH3 is 2. The normalized spacial score (nSPS) is 16.4. The molecule has 0 bridgehead atoms. The third-order valence-corrected chi connectivity index (χ3v) is 4.47. The van der Waals surface area contributed by atoms with Crippen molar-refractivity contribution in [2.45, 2.75) is 25.9 Å². The first kappa shape index (κ1) is 18.0. The molecule has 0 radical (unpaired) electrons. The predicted molar refractivity (Wildman–Crippen MR) is 97.8 cm³/mol. The molecule has 26 heavy (non-hydrogen) atoms. The molecular weight excluding hydrogens is 332 g/mol. The first-order valence-corrected chi connectivity index (χ1v) is 8.67. The number of benzene rings is 1. The monoisotopic (exact) mass is 356 g/mol. The Morgan fingerprint density at radius 2 is 2.00 bits per heavy atom. The van der Waals surface area contributed by atoms with E-state index in [1.54, 1.807) is 20.4 Å². The number of hydrogen-bond donors (Lipinski definition) is 0. The van der Waals surface area contributed by atoms with E-state index >= 15 is 0 Å². The highest BCUT2D eigenvalue weighted by molar-refractivity contribution is 5.79. The van der Waals surface area contributed by atoms with E-state index in [0.717, 1.165) is 17.5 Å². The highest BCUT2D eigenvalue weighted by atomic mass is 16.5. The van der Waals surface area contributed by atoms with Gasteiger partial charge in [-0.15, -0.1) is 0 Å². The molecule has 1 unspecified atom stereocenters. The summed E-state index contributed by atoms with van der Waals surface area (Å²) in [4.78, 5) is 18.7. The minimum Gasteiger partial charge on any atom is -0.493 e. The molecule has 1 aliphatic heterocycles. The van der Waals surface area contributed by atoms with Crippen LogP contribution >= 0.6 is 0 Å². The van der Waals surface area contributed by atoms with E-state index in [1.807, 2.05) is 42.2 Å². The van der Waals surface area contributed by atoms with Gasteiger partial charge in [-0.1, -0.05) is 12.1 Å². The van der Waals surface area contributed by atoms with Gasteiger partial charge in [0.1, 0.15) is 6.10 Å². The molecular formula is C20H24N2O4. The molecule has 6 nitrogen and oxygen atoms in total. The Labute approximate surface area is 153 Å². The van der Waals surface area contributed by atoms with E-state index < -0.39 is 0 Å². The van der Waals surface area contributed by atoms with Gasteiger partial charge in [0, 0.05) is 25.2 Å². The number of aryl methyl sites for hydroxylation is 1. The maximum Gasteiger partial charge on any atom is 0.227 e. The summed E-state index contributed by atoms with van der Waals surface area (Å²) < 4.78 is 16.4. The van der Waals surface area contributed by atoms with Gasteiger partial charge in [0.2, 0.25) is 11.8 Å². The van der Waals surface area contributed by atoms with Gasteiger partial charge < -0.3 is 19.1 Å². The van der Waals surface area contributed by atoms with Crippen LogP contribution in [0.25, 0.3) is 0 Å². The lowest BCUT2D eigenvalue weighted by Gasteiger charge is -2.17. The standard InChI is InChI=1S/C20H24N2O4/c1-14-4-7-19(21-12-14)26-16-8-9-22(13-16)20(23)11-15-5-6-17(24-2)18(10-15)25-3/h4-7,10,12,16H,8-9,11,13H2,1-3H3. The van der Waals surface area contributed by atoms with Gasteiger partial charge in [-0.3, -0.25) is 4.79 Å². The van der Waals surface area contributed by atoms with Crippen LogP contribution < -0.4 is 14.2 Å². The van der Waals surface area contributed by atoms with Crippen LogP contribution in [0.5, 0.6) is 17.4 Å². The molecule has 0 saturated carbocycles. The second kappa shape index (κ2) is 8.08. The lowest BCUT2D eigenvalue weighted by molar-refractivity contribution is -0.129. The van der Waals surface area contributed by atoms with Gasteiger partial charge in [0.05, 0.1) is 27.2 Å². The average Bonchev–Trinajstić information content (AvgIpc) is 3.12. The first-order valence-electron chi connectivity index (χ1n) is 8.67. The Kier molecular flexibility index (Phi) is 5.61. The van der Waals surface area contributed by atoms with Crippen molar-refractivity contribution < 1.29 is 19.0 Å². The SMILES string of the molecule is COc1ccc(CC(=O)N2CCC(Oc3ccc(C)cn3)C2)cc1OC. The summed E-state index contributed by atoms with van der Waals surface area (Å²) in [6.45, 7) is 3.27. The number of hydrogen-bond acceptors (Lipinski definition) is 5. The largest absolute Gasteiger partial charge is 0.493 e. The summed E-state index contributed by atoms with van der Waals surface area (Å²) in [5, 5.41) is 0. The van der Waals surface area contributed by atoms with E-state index in [4.69, 9.17) is 14.2 Å². The molecule has 2 aromatic rings. The van der Waals surface area contributed by atoms with Crippen LogP contribution in [0.3, 0.4) is 0 Å². The Morgan fingerprint density at radius 1 is 1.19 bits per heavy atom. The second-order valence-electron chi connectivity index (χ2n) is 6.41. The first-order chi connectivity index (χ1) is 12.6. The summed E-state index contributed by atoms with van der Waals surface area (Å²) in [6, 6.07) is 9.39. The molecule has 0 spiro atoms. The lowest BCUT2D eigenvalue weighted by Crippen LogP contribution is -2.32. The van der Waals surface area contributed by atoms with E-state index in [-0.39, 0.29) is 12.0 Å². The summed E-state index contributed by atoms with van der Waals surface area (Å²) in [5.41, 5.74) is 1.99. The zero-order valence-corrected chi connectivity index (χ0v) is 15.4. The van der Waals surface area contributed by atoms with Gasteiger partial charge in [0.25, 0.3) is 0 Å². The summed E-state index contributed by atoms with van der Waals surface area (Å²) in [7, 11) is 3.18. The highest BCUT2D eigenvalue weighted by Crippen LogP contribution is 2.28. The number of amides is 1. The minimum absolute atomic E-state index is 0.0143. The third-order valence-electron chi connectivity index (χ3n) is 4.47. The van der Waals surface area contributed by atoms with Gasteiger partial charge in [-0.25, -0.2) is 4.98 Å². The number of aromatic nitrogens is 1. The molecule has 1 aliphatic rings. The van der Waals surface area contributed by atoms with Crippen LogP contribution in [0.4, 0.5) is 0 Å². The molecule has 1 aromatic heterocycles. The van der Waals surface area contributed by atoms with E-state index in [1.165, 1.54) is 0 Å². The van der Waals surface area contributed by atoms with E-state index in [0.29, 0.717) is 36.9 Å². The number of nitrogens with zero attached hydrogens (tertiary/aromatic N) is 2. The van der Waals surface area contributed by atoms with Gasteiger partial charge in [-0.2, -0.15) is 0 Å². The molecule has 1 amide bonds. The molecule has 1 saturated heterocycles. The quantitative estimate of drug-likeness (QED) is 0.796. The highest BCUT2D eigenvalue weighted by Gasteiger charge is 2.28. The maximum atomic E-state index is 12.6. The van der Waals surface area contributed by atoms with Crippen molar-refractivity contribution in [2.75, 3.05) is 27.3 Å². The van der Waals surface area contributed by atoms with Crippen LogP contribution in [0.1, 0.15) is 17.5 Å². The number of carbonyl (C=O) groups is 1. The number of ether oxygens (including phenoxy) is 3. The van der Waals surface area contributed by atoms with E-state index in [9.17, 15) is 4.79 Å². The van der Waals surface area contributed by atoms with Crippen molar-refractivity contribution >= 4 is 5.91 Å². The van der Waals surface area contributed by atoms with Crippen molar-refractivity contribution in [1.29, 1.82) is 0 Å². The number of rotatable bonds is 6. The van der Waals surface area contributed by atoms with Crippen LogP contribution in [0, 0.1) is 6.92 Å². The molecule has 0 N–H and O–H groups in total. The summed E-state index contributed by atoms with van der Waals surface area (Å²) in [6.07, 6.45) is 2.91. The predicted octanol–water partition coefficient (Wildman–Crippen LogP) is 2.63. The molecule has 1 atom stereocenters. The fraction of sp³-hybridized carbons (Fsp3) is 0.400. The van der Waals surface area contributed by atoms with Crippen molar-refractivity contribution in [3.63, 3.8) is 0 Å². The Hall–Kier alpha value is -2.76. The molecule has 0 aliphatic carbocycles. The Morgan fingerprint density at radius 3 is 2.69 bits per heavy atom. The van der Waals surface area contributed by atoms with Crippen molar-refractivity contribution in [1.82, 2.24) is 9.88 Å². The number of pyridine rings is 1. The molecule has 3 rings (SSSR count). The van der Waals surface area contributed by atoms with Crippen molar-refractivity contribution in [3.05, 3.63) is 47.7 Å². The lowest BCUT2D eigenvalue weighted by atomic mass is 10.1. The zero-order chi connectivity index (χ0) is 18.5. The summed E-state index contributed by atoms with van der Waals surface area (Å²) in [5.74, 6) is 1.98. The summed E-state index contributed by atoms with van der Waals surface area (Å²) >= 11 is 0. The number of carbonyl (C=O) groups excluding carboxylic acids is 1. The Bertz CT molecular complexity index is 761. The Balaban J connectivity index is 1.56. The van der Waals surface area contributed by atoms with Gasteiger partial charge in [-0.05, 0) is 30.2 Å². The molecule has 1 aromatic carbocycles. The minimum atomic E-state index is -0.0143. The fourth-order valence-electron chi connectivity index (χ4n) is 3.02. The van der Waals surface area contributed by atoms with E-state index in [2.05, 4.69) is 4.98 Å². The topological polar surface area (TPSA) is 60.9 Å². The third kappa shape index (κ3) is 4.25. The van der Waals surface area contributed by atoms with Crippen molar-refractivity contribution in [3.8, 4) is 17.4 Å². The van der Waals surface area contributed by atoms with Gasteiger partial charge >= 0.3 is 0 Å². The van der Waals surface area contributed by atoms with Crippen LogP contribution in [0.15, 0.2) is 36.5 Å². The average molecular weight is 356 g/mol. The van der Waals surface area contributed by atoms with Crippen LogP contribution in [0.2, 0.25) is 0 Å².